The highest BCUT2D eigenvalue weighted by Crippen LogP contribution is 2.24. The Balaban J connectivity index is 2.10. The average molecular weight is 310 g/mol. The predicted octanol–water partition coefficient (Wildman–Crippen LogP) is 3.36. The monoisotopic (exact) mass is 309 g/mol. The summed E-state index contributed by atoms with van der Waals surface area (Å²) in [7, 11) is 0. The second kappa shape index (κ2) is 5.81. The molecule has 0 spiro atoms. The van der Waals surface area contributed by atoms with Gasteiger partial charge in [-0.3, -0.25) is 20.2 Å². The number of amides is 1. The van der Waals surface area contributed by atoms with Crippen LogP contribution in [-0.4, -0.2) is 15.8 Å². The fraction of sp³-hybridized carbons (Fsp3) is 0. The Morgan fingerprint density at radius 2 is 2.05 bits per heavy atom. The van der Waals surface area contributed by atoms with E-state index in [9.17, 15) is 14.9 Å². The van der Waals surface area contributed by atoms with E-state index < -0.39 is 10.8 Å². The van der Waals surface area contributed by atoms with Gasteiger partial charge in [-0.05, 0) is 17.7 Å². The van der Waals surface area contributed by atoms with Crippen molar-refractivity contribution in [2.45, 2.75) is 0 Å². The topological polar surface area (TPSA) is 85.1 Å². The van der Waals surface area contributed by atoms with Crippen molar-refractivity contribution >= 4 is 45.2 Å². The molecular formula is C12H8ClN3O3S. The van der Waals surface area contributed by atoms with Gasteiger partial charge in [0.2, 0.25) is 0 Å². The number of rotatable bonds is 4. The van der Waals surface area contributed by atoms with E-state index in [0.29, 0.717) is 15.0 Å². The van der Waals surface area contributed by atoms with Crippen LogP contribution >= 0.6 is 22.9 Å². The van der Waals surface area contributed by atoms with E-state index in [2.05, 4.69) is 16.9 Å². The van der Waals surface area contributed by atoms with Gasteiger partial charge in [0.25, 0.3) is 11.6 Å². The van der Waals surface area contributed by atoms with Crippen molar-refractivity contribution in [2.75, 3.05) is 5.32 Å². The summed E-state index contributed by atoms with van der Waals surface area (Å²) in [6.07, 6.45) is 1.43. The highest BCUT2D eigenvalue weighted by Gasteiger charge is 2.13. The van der Waals surface area contributed by atoms with E-state index in [1.54, 1.807) is 0 Å². The third-order valence-corrected chi connectivity index (χ3v) is 3.43. The summed E-state index contributed by atoms with van der Waals surface area (Å²) in [5, 5.41) is 13.5. The van der Waals surface area contributed by atoms with Crippen molar-refractivity contribution in [2.24, 2.45) is 0 Å². The van der Waals surface area contributed by atoms with Gasteiger partial charge in [0.1, 0.15) is 4.34 Å². The number of halogens is 1. The van der Waals surface area contributed by atoms with Crippen LogP contribution in [0, 0.1) is 10.1 Å². The van der Waals surface area contributed by atoms with Crippen molar-refractivity contribution in [3.63, 3.8) is 0 Å². The first-order valence-electron chi connectivity index (χ1n) is 5.34. The SMILES string of the molecule is C=C(C(=O)Nc1ncc(Cl)s1)c1ccc([N+](=O)[O-])cc1. The number of carbonyl (C=O) groups excluding carboxylic acids is 1. The zero-order valence-corrected chi connectivity index (χ0v) is 11.6. The lowest BCUT2D eigenvalue weighted by Crippen LogP contribution is -2.12. The second-order valence-electron chi connectivity index (χ2n) is 3.71. The summed E-state index contributed by atoms with van der Waals surface area (Å²) >= 11 is 6.83. The molecule has 1 heterocycles. The molecule has 0 unspecified atom stereocenters. The molecule has 6 nitrogen and oxygen atoms in total. The van der Waals surface area contributed by atoms with Crippen LogP contribution in [0.1, 0.15) is 5.56 Å². The molecule has 102 valence electrons. The van der Waals surface area contributed by atoms with Crippen molar-refractivity contribution in [3.05, 3.63) is 57.1 Å². The molecule has 0 saturated heterocycles. The van der Waals surface area contributed by atoms with Crippen LogP contribution < -0.4 is 5.32 Å². The van der Waals surface area contributed by atoms with Gasteiger partial charge in [-0.1, -0.05) is 29.5 Å². The largest absolute Gasteiger partial charge is 0.298 e. The van der Waals surface area contributed by atoms with E-state index >= 15 is 0 Å². The maximum Gasteiger partial charge on any atom is 0.269 e. The van der Waals surface area contributed by atoms with Gasteiger partial charge in [0.15, 0.2) is 5.13 Å². The van der Waals surface area contributed by atoms with Gasteiger partial charge >= 0.3 is 0 Å². The first kappa shape index (κ1) is 14.2. The molecule has 0 aliphatic carbocycles. The lowest BCUT2D eigenvalue weighted by atomic mass is 10.1. The van der Waals surface area contributed by atoms with E-state index in [0.717, 1.165) is 11.3 Å². The number of nitrogens with zero attached hydrogens (tertiary/aromatic N) is 2. The van der Waals surface area contributed by atoms with Crippen LogP contribution in [0.15, 0.2) is 37.0 Å². The van der Waals surface area contributed by atoms with E-state index in [1.807, 2.05) is 0 Å². The molecule has 0 radical (unpaired) electrons. The number of benzene rings is 1. The zero-order chi connectivity index (χ0) is 14.7. The number of non-ortho nitro benzene ring substituents is 1. The molecule has 2 rings (SSSR count). The van der Waals surface area contributed by atoms with E-state index in [4.69, 9.17) is 11.6 Å². The number of thiazole rings is 1. The molecule has 1 N–H and O–H groups in total. The van der Waals surface area contributed by atoms with Crippen LogP contribution in [0.2, 0.25) is 4.34 Å². The molecule has 1 amide bonds. The number of anilines is 1. The molecule has 0 bridgehead atoms. The quantitative estimate of drug-likeness (QED) is 0.533. The van der Waals surface area contributed by atoms with E-state index in [-0.39, 0.29) is 11.3 Å². The zero-order valence-electron chi connectivity index (χ0n) is 10.00. The number of nitro groups is 1. The normalized spacial score (nSPS) is 10.1. The molecule has 0 fully saturated rings. The predicted molar refractivity (Wildman–Crippen MR) is 77.9 cm³/mol. The number of nitro benzene ring substituents is 1. The number of nitrogens with one attached hydrogen (secondary N) is 1. The van der Waals surface area contributed by atoms with Crippen molar-refractivity contribution in [1.82, 2.24) is 4.98 Å². The van der Waals surface area contributed by atoms with Crippen LogP contribution in [0.3, 0.4) is 0 Å². The lowest BCUT2D eigenvalue weighted by Gasteiger charge is -2.05. The smallest absolute Gasteiger partial charge is 0.269 e. The summed E-state index contributed by atoms with van der Waals surface area (Å²) < 4.78 is 0.459. The maximum atomic E-state index is 11.9. The molecule has 0 aliphatic heterocycles. The highest BCUT2D eigenvalue weighted by molar-refractivity contribution is 7.19. The third kappa shape index (κ3) is 3.19. The van der Waals surface area contributed by atoms with Crippen LogP contribution in [0.5, 0.6) is 0 Å². The summed E-state index contributed by atoms with van der Waals surface area (Å²) in [5.41, 5.74) is 0.635. The number of aromatic nitrogens is 1. The summed E-state index contributed by atoms with van der Waals surface area (Å²) in [6, 6.07) is 5.56. The number of hydrogen-bond acceptors (Lipinski definition) is 5. The molecule has 1 aromatic carbocycles. The number of hydrogen-bond donors (Lipinski definition) is 1. The fourth-order valence-electron chi connectivity index (χ4n) is 1.40. The van der Waals surface area contributed by atoms with Crippen molar-refractivity contribution < 1.29 is 9.72 Å². The summed E-state index contributed by atoms with van der Waals surface area (Å²) in [6.45, 7) is 3.66. The molecule has 0 atom stereocenters. The molecule has 1 aromatic heterocycles. The Kier molecular flexibility index (Phi) is 4.11. The minimum atomic E-state index is -0.510. The van der Waals surface area contributed by atoms with Crippen LogP contribution in [0.4, 0.5) is 10.8 Å². The molecule has 0 saturated carbocycles. The van der Waals surface area contributed by atoms with Crippen LogP contribution in [0.25, 0.3) is 5.57 Å². The Bertz CT molecular complexity index is 682. The first-order chi connectivity index (χ1) is 9.47. The fourth-order valence-corrected chi connectivity index (χ4v) is 2.21. The van der Waals surface area contributed by atoms with Crippen LogP contribution in [-0.2, 0) is 4.79 Å². The minimum Gasteiger partial charge on any atom is -0.298 e. The van der Waals surface area contributed by atoms with Gasteiger partial charge < -0.3 is 0 Å². The summed E-state index contributed by atoms with van der Waals surface area (Å²) in [5.74, 6) is -0.440. The molecule has 2 aromatic rings. The Morgan fingerprint density at radius 3 is 2.55 bits per heavy atom. The Morgan fingerprint density at radius 1 is 1.40 bits per heavy atom. The lowest BCUT2D eigenvalue weighted by molar-refractivity contribution is -0.384. The minimum absolute atomic E-state index is 0.0475. The molecule has 0 aliphatic rings. The van der Waals surface area contributed by atoms with Gasteiger partial charge in [-0.15, -0.1) is 0 Å². The molecule has 20 heavy (non-hydrogen) atoms. The summed E-state index contributed by atoms with van der Waals surface area (Å²) in [4.78, 5) is 25.8. The Hall–Kier alpha value is -2.25. The number of carbonyl (C=O) groups is 1. The second-order valence-corrected chi connectivity index (χ2v) is 5.37. The van der Waals surface area contributed by atoms with Gasteiger partial charge in [-0.25, -0.2) is 4.98 Å². The molecule has 8 heteroatoms. The first-order valence-corrected chi connectivity index (χ1v) is 6.53. The average Bonchev–Trinajstić information content (AvgIpc) is 2.83. The third-order valence-electron chi connectivity index (χ3n) is 2.40. The van der Waals surface area contributed by atoms with Crippen molar-refractivity contribution in [1.29, 1.82) is 0 Å². The van der Waals surface area contributed by atoms with Gasteiger partial charge in [0, 0.05) is 17.7 Å². The van der Waals surface area contributed by atoms with Crippen molar-refractivity contribution in [3.8, 4) is 0 Å². The highest BCUT2D eigenvalue weighted by atomic mass is 35.5. The van der Waals surface area contributed by atoms with E-state index in [1.165, 1.54) is 30.5 Å². The standard InChI is InChI=1S/C12H8ClN3O3S/c1-7(8-2-4-9(5-3-8)16(18)19)11(17)15-12-14-6-10(13)20-12/h2-6H,1H2,(H,14,15,17). The molecular weight excluding hydrogens is 302 g/mol. The van der Waals surface area contributed by atoms with Gasteiger partial charge in [0.05, 0.1) is 11.1 Å². The maximum absolute atomic E-state index is 11.9. The Labute approximate surface area is 122 Å². The van der Waals surface area contributed by atoms with Gasteiger partial charge in [-0.2, -0.15) is 0 Å².